The van der Waals surface area contributed by atoms with E-state index < -0.39 is 17.6 Å². The predicted octanol–water partition coefficient (Wildman–Crippen LogP) is 1.27. The van der Waals surface area contributed by atoms with E-state index in [1.807, 2.05) is 13.8 Å². The van der Waals surface area contributed by atoms with Crippen molar-refractivity contribution in [2.24, 2.45) is 0 Å². The van der Waals surface area contributed by atoms with Crippen molar-refractivity contribution in [1.29, 1.82) is 0 Å². The Morgan fingerprint density at radius 2 is 1.89 bits per heavy atom. The van der Waals surface area contributed by atoms with Crippen molar-refractivity contribution in [3.63, 3.8) is 0 Å². The first-order valence-electron chi connectivity index (χ1n) is 6.04. The van der Waals surface area contributed by atoms with Crippen LogP contribution in [0, 0.1) is 0 Å². The number of esters is 1. The van der Waals surface area contributed by atoms with E-state index in [9.17, 15) is 9.90 Å². The Morgan fingerprint density at radius 1 is 1.32 bits per heavy atom. The van der Waals surface area contributed by atoms with Crippen molar-refractivity contribution in [2.45, 2.75) is 25.4 Å². The van der Waals surface area contributed by atoms with Crippen LogP contribution in [0.15, 0.2) is 24.3 Å². The van der Waals surface area contributed by atoms with E-state index in [0.29, 0.717) is 5.75 Å². The zero-order chi connectivity index (χ0) is 14.5. The minimum absolute atomic E-state index is 0.0867. The summed E-state index contributed by atoms with van der Waals surface area (Å²) < 4.78 is 9.88. The molecule has 0 aliphatic heterocycles. The monoisotopic (exact) mass is 267 g/mol. The van der Waals surface area contributed by atoms with Crippen molar-refractivity contribution < 1.29 is 19.4 Å². The third kappa shape index (κ3) is 4.22. The molecule has 106 valence electrons. The van der Waals surface area contributed by atoms with Crippen LogP contribution < -0.4 is 10.1 Å². The molecule has 1 atom stereocenters. The fourth-order valence-electron chi connectivity index (χ4n) is 1.63. The first-order valence-corrected chi connectivity index (χ1v) is 6.04. The molecule has 2 N–H and O–H groups in total. The predicted molar refractivity (Wildman–Crippen MR) is 72.1 cm³/mol. The SMILES string of the molecule is COC(=O)C(NC(C)(C)CO)c1ccc(OC)cc1. The standard InChI is InChI=1S/C14H21NO4/c1-14(2,9-16)15-12(13(17)19-4)10-5-7-11(18-3)8-6-10/h5-8,12,15-16H,9H2,1-4H3. The molecule has 1 unspecified atom stereocenters. The van der Waals surface area contributed by atoms with E-state index in [4.69, 9.17) is 9.47 Å². The molecule has 1 aromatic carbocycles. The van der Waals surface area contributed by atoms with Gasteiger partial charge in [-0.25, -0.2) is 4.79 Å². The molecule has 5 nitrogen and oxygen atoms in total. The number of ether oxygens (including phenoxy) is 2. The lowest BCUT2D eigenvalue weighted by Gasteiger charge is -2.29. The molecule has 0 fully saturated rings. The maximum absolute atomic E-state index is 11.9. The van der Waals surface area contributed by atoms with Gasteiger partial charge in [0, 0.05) is 5.54 Å². The third-order valence-corrected chi connectivity index (χ3v) is 2.82. The normalized spacial score (nSPS) is 12.9. The molecule has 0 spiro atoms. The van der Waals surface area contributed by atoms with Crippen LogP contribution in [0.4, 0.5) is 0 Å². The number of benzene rings is 1. The van der Waals surface area contributed by atoms with Crippen LogP contribution in [0.25, 0.3) is 0 Å². The first kappa shape index (κ1) is 15.5. The number of aliphatic hydroxyl groups excluding tert-OH is 1. The maximum atomic E-state index is 11.9. The highest BCUT2D eigenvalue weighted by Gasteiger charge is 2.28. The molecule has 0 aliphatic carbocycles. The van der Waals surface area contributed by atoms with E-state index in [2.05, 4.69) is 5.32 Å². The van der Waals surface area contributed by atoms with Gasteiger partial charge in [-0.2, -0.15) is 0 Å². The van der Waals surface area contributed by atoms with Crippen molar-refractivity contribution in [3.8, 4) is 5.75 Å². The minimum atomic E-state index is -0.627. The van der Waals surface area contributed by atoms with Gasteiger partial charge in [0.05, 0.1) is 20.8 Å². The van der Waals surface area contributed by atoms with Gasteiger partial charge in [-0.15, -0.1) is 0 Å². The lowest BCUT2D eigenvalue weighted by Crippen LogP contribution is -2.47. The molecule has 5 heteroatoms. The summed E-state index contributed by atoms with van der Waals surface area (Å²) >= 11 is 0. The average Bonchev–Trinajstić information content (AvgIpc) is 2.44. The molecular weight excluding hydrogens is 246 g/mol. The number of carbonyl (C=O) groups is 1. The third-order valence-electron chi connectivity index (χ3n) is 2.82. The summed E-state index contributed by atoms with van der Waals surface area (Å²) in [6, 6.07) is 6.51. The smallest absolute Gasteiger partial charge is 0.327 e. The molecule has 0 amide bonds. The second kappa shape index (κ2) is 6.54. The molecule has 0 radical (unpaired) electrons. The zero-order valence-electron chi connectivity index (χ0n) is 11.8. The summed E-state index contributed by atoms with van der Waals surface area (Å²) in [5.41, 5.74) is 0.174. The van der Waals surface area contributed by atoms with E-state index in [1.54, 1.807) is 31.4 Å². The summed E-state index contributed by atoms with van der Waals surface area (Å²) in [4.78, 5) is 11.9. The lowest BCUT2D eigenvalue weighted by molar-refractivity contribution is -0.144. The van der Waals surface area contributed by atoms with Gasteiger partial charge in [0.15, 0.2) is 0 Å². The average molecular weight is 267 g/mol. The molecule has 0 heterocycles. The van der Waals surface area contributed by atoms with Crippen molar-refractivity contribution in [1.82, 2.24) is 5.32 Å². The number of nitrogens with one attached hydrogen (secondary N) is 1. The Morgan fingerprint density at radius 3 is 2.32 bits per heavy atom. The summed E-state index contributed by atoms with van der Waals surface area (Å²) in [5.74, 6) is 0.320. The maximum Gasteiger partial charge on any atom is 0.327 e. The van der Waals surface area contributed by atoms with Crippen LogP contribution in [0.5, 0.6) is 5.75 Å². The van der Waals surface area contributed by atoms with Crippen LogP contribution >= 0.6 is 0 Å². The van der Waals surface area contributed by atoms with Gasteiger partial charge in [-0.3, -0.25) is 5.32 Å². The zero-order valence-corrected chi connectivity index (χ0v) is 11.8. The lowest BCUT2D eigenvalue weighted by atomic mass is 10.0. The summed E-state index contributed by atoms with van der Waals surface area (Å²) in [6.07, 6.45) is 0. The minimum Gasteiger partial charge on any atom is -0.497 e. The number of carbonyl (C=O) groups excluding carboxylic acids is 1. The van der Waals surface area contributed by atoms with Gasteiger partial charge in [0.1, 0.15) is 11.8 Å². The molecule has 1 aromatic rings. The summed E-state index contributed by atoms with van der Waals surface area (Å²) in [6.45, 7) is 3.54. The number of methoxy groups -OCH3 is 2. The Labute approximate surface area is 113 Å². The largest absolute Gasteiger partial charge is 0.497 e. The Hall–Kier alpha value is -1.59. The second-order valence-electron chi connectivity index (χ2n) is 4.92. The van der Waals surface area contributed by atoms with Crippen LogP contribution in [0.1, 0.15) is 25.5 Å². The van der Waals surface area contributed by atoms with Crippen molar-refractivity contribution in [3.05, 3.63) is 29.8 Å². The highest BCUT2D eigenvalue weighted by molar-refractivity contribution is 5.77. The molecule has 0 bridgehead atoms. The van der Waals surface area contributed by atoms with Gasteiger partial charge in [0.25, 0.3) is 0 Å². The first-order chi connectivity index (χ1) is 8.93. The van der Waals surface area contributed by atoms with E-state index in [-0.39, 0.29) is 6.61 Å². The summed E-state index contributed by atoms with van der Waals surface area (Å²) in [7, 11) is 2.92. The number of hydrogen-bond acceptors (Lipinski definition) is 5. The highest BCUT2D eigenvalue weighted by Crippen LogP contribution is 2.21. The highest BCUT2D eigenvalue weighted by atomic mass is 16.5. The fourth-order valence-corrected chi connectivity index (χ4v) is 1.63. The number of aliphatic hydroxyl groups is 1. The van der Waals surface area contributed by atoms with Crippen LogP contribution in [-0.2, 0) is 9.53 Å². The van der Waals surface area contributed by atoms with Gasteiger partial charge in [-0.05, 0) is 31.5 Å². The van der Waals surface area contributed by atoms with Crippen molar-refractivity contribution in [2.75, 3.05) is 20.8 Å². The van der Waals surface area contributed by atoms with Gasteiger partial charge in [-0.1, -0.05) is 12.1 Å². The fraction of sp³-hybridized carbons (Fsp3) is 0.500. The quantitative estimate of drug-likeness (QED) is 0.760. The molecule has 19 heavy (non-hydrogen) atoms. The van der Waals surface area contributed by atoms with E-state index >= 15 is 0 Å². The Balaban J connectivity index is 2.99. The van der Waals surface area contributed by atoms with E-state index in [1.165, 1.54) is 7.11 Å². The molecule has 0 aromatic heterocycles. The second-order valence-corrected chi connectivity index (χ2v) is 4.92. The van der Waals surface area contributed by atoms with Crippen LogP contribution in [-0.4, -0.2) is 37.4 Å². The number of hydrogen-bond donors (Lipinski definition) is 2. The topological polar surface area (TPSA) is 67.8 Å². The molecule has 0 saturated carbocycles. The van der Waals surface area contributed by atoms with Gasteiger partial charge in [0.2, 0.25) is 0 Å². The molecule has 0 aliphatic rings. The molecule has 0 saturated heterocycles. The summed E-state index contributed by atoms with van der Waals surface area (Å²) in [5, 5.41) is 12.4. The number of rotatable bonds is 6. The Kier molecular flexibility index (Phi) is 5.32. The van der Waals surface area contributed by atoms with E-state index in [0.717, 1.165) is 5.56 Å². The van der Waals surface area contributed by atoms with Gasteiger partial charge < -0.3 is 14.6 Å². The van der Waals surface area contributed by atoms with Crippen LogP contribution in [0.2, 0.25) is 0 Å². The van der Waals surface area contributed by atoms with Gasteiger partial charge >= 0.3 is 5.97 Å². The molecular formula is C14H21NO4. The van der Waals surface area contributed by atoms with Crippen LogP contribution in [0.3, 0.4) is 0 Å². The molecule has 1 rings (SSSR count). The van der Waals surface area contributed by atoms with Crippen molar-refractivity contribution >= 4 is 5.97 Å². The Bertz CT molecular complexity index is 414.